The quantitative estimate of drug-likeness (QED) is 0.750. The zero-order valence-corrected chi connectivity index (χ0v) is 10.9. The Hall–Kier alpha value is -1.88. The molecule has 1 aromatic rings. The van der Waals surface area contributed by atoms with Crippen LogP contribution in [-0.2, 0) is 4.79 Å². The van der Waals surface area contributed by atoms with Crippen molar-refractivity contribution < 1.29 is 9.59 Å². The molecule has 0 fully saturated rings. The number of nitrogens with one attached hydrogen (secondary N) is 3. The molecule has 0 spiro atoms. The van der Waals surface area contributed by atoms with Gasteiger partial charge < -0.3 is 5.32 Å². The average molecular weight is 249 g/mol. The molecule has 1 atom stereocenters. The normalized spacial score (nSPS) is 12.0. The van der Waals surface area contributed by atoms with Crippen LogP contribution in [-0.4, -0.2) is 25.0 Å². The fourth-order valence-corrected chi connectivity index (χ4v) is 1.55. The van der Waals surface area contributed by atoms with E-state index in [1.807, 2.05) is 44.2 Å². The average Bonchev–Trinajstić information content (AvgIpc) is 2.36. The molecule has 0 aliphatic carbocycles. The molecular weight excluding hydrogens is 230 g/mol. The molecule has 0 radical (unpaired) electrons. The first-order valence-electron chi connectivity index (χ1n) is 5.88. The van der Waals surface area contributed by atoms with E-state index in [4.69, 9.17) is 0 Å². The maximum atomic E-state index is 12.0. The van der Waals surface area contributed by atoms with Crippen molar-refractivity contribution in [1.82, 2.24) is 16.0 Å². The van der Waals surface area contributed by atoms with E-state index in [0.717, 1.165) is 5.56 Å². The van der Waals surface area contributed by atoms with Gasteiger partial charge in [-0.1, -0.05) is 30.3 Å². The van der Waals surface area contributed by atoms with Crippen molar-refractivity contribution in [3.63, 3.8) is 0 Å². The fraction of sp³-hybridized carbons (Fsp3) is 0.385. The lowest BCUT2D eigenvalue weighted by atomic mass is 10.1. The topological polar surface area (TPSA) is 70.2 Å². The second-order valence-electron chi connectivity index (χ2n) is 4.23. The van der Waals surface area contributed by atoms with Crippen molar-refractivity contribution in [2.75, 3.05) is 7.05 Å². The molecule has 3 N–H and O–H groups in total. The van der Waals surface area contributed by atoms with Gasteiger partial charge in [0.2, 0.25) is 5.91 Å². The van der Waals surface area contributed by atoms with Gasteiger partial charge in [-0.25, -0.2) is 4.79 Å². The van der Waals surface area contributed by atoms with E-state index in [-0.39, 0.29) is 11.9 Å². The maximum Gasteiger partial charge on any atom is 0.321 e. The summed E-state index contributed by atoms with van der Waals surface area (Å²) in [6, 6.07) is 8.38. The van der Waals surface area contributed by atoms with Crippen molar-refractivity contribution in [3.8, 4) is 0 Å². The Kier molecular flexibility index (Phi) is 5.32. The molecule has 98 valence electrons. The number of benzene rings is 1. The van der Waals surface area contributed by atoms with Crippen LogP contribution in [0.5, 0.6) is 0 Å². The Morgan fingerprint density at radius 3 is 2.22 bits per heavy atom. The highest BCUT2D eigenvalue weighted by molar-refractivity contribution is 5.97. The molecule has 0 heterocycles. The standard InChI is InChI=1S/C13H19N3O2/c1-9(2)15-11(10-7-5-4-6-8-10)12(17)16-13(18)14-3/h4-9,11,15H,1-3H3,(H2,14,16,17,18)/t11-/m0/s1. The van der Waals surface area contributed by atoms with Gasteiger partial charge in [-0.2, -0.15) is 0 Å². The molecule has 18 heavy (non-hydrogen) atoms. The van der Waals surface area contributed by atoms with Crippen molar-refractivity contribution in [1.29, 1.82) is 0 Å². The van der Waals surface area contributed by atoms with Gasteiger partial charge in [0.15, 0.2) is 0 Å². The maximum absolute atomic E-state index is 12.0. The number of amides is 3. The van der Waals surface area contributed by atoms with E-state index in [0.29, 0.717) is 0 Å². The third-order valence-electron chi connectivity index (χ3n) is 2.36. The minimum absolute atomic E-state index is 0.130. The molecule has 5 heteroatoms. The number of urea groups is 1. The summed E-state index contributed by atoms with van der Waals surface area (Å²) in [5.41, 5.74) is 0.826. The van der Waals surface area contributed by atoms with E-state index in [9.17, 15) is 9.59 Å². The Morgan fingerprint density at radius 2 is 1.72 bits per heavy atom. The number of carbonyl (C=O) groups is 2. The highest BCUT2D eigenvalue weighted by Crippen LogP contribution is 2.13. The van der Waals surface area contributed by atoms with Crippen LogP contribution >= 0.6 is 0 Å². The van der Waals surface area contributed by atoms with Crippen molar-refractivity contribution in [2.24, 2.45) is 0 Å². The summed E-state index contributed by atoms with van der Waals surface area (Å²) in [5, 5.41) is 7.77. The third kappa shape index (κ3) is 4.18. The zero-order valence-electron chi connectivity index (χ0n) is 10.9. The van der Waals surface area contributed by atoms with Crippen LogP contribution in [0.2, 0.25) is 0 Å². The molecule has 1 aromatic carbocycles. The third-order valence-corrected chi connectivity index (χ3v) is 2.36. The predicted octanol–water partition coefficient (Wildman–Crippen LogP) is 1.18. The number of rotatable bonds is 4. The lowest BCUT2D eigenvalue weighted by Gasteiger charge is -2.20. The summed E-state index contributed by atoms with van der Waals surface area (Å²) in [7, 11) is 1.47. The molecule has 0 saturated heterocycles. The lowest BCUT2D eigenvalue weighted by Crippen LogP contribution is -2.45. The van der Waals surface area contributed by atoms with Crippen molar-refractivity contribution >= 4 is 11.9 Å². The second-order valence-corrected chi connectivity index (χ2v) is 4.23. The van der Waals surface area contributed by atoms with Gasteiger partial charge in [-0.15, -0.1) is 0 Å². The summed E-state index contributed by atoms with van der Waals surface area (Å²) in [4.78, 5) is 23.2. The molecular formula is C13H19N3O2. The Morgan fingerprint density at radius 1 is 1.11 bits per heavy atom. The van der Waals surface area contributed by atoms with Crippen molar-refractivity contribution in [3.05, 3.63) is 35.9 Å². The number of hydrogen-bond donors (Lipinski definition) is 3. The largest absolute Gasteiger partial charge is 0.341 e. The van der Waals surface area contributed by atoms with E-state index in [1.165, 1.54) is 7.05 Å². The van der Waals surface area contributed by atoms with Crippen LogP contribution in [0.15, 0.2) is 30.3 Å². The molecule has 0 unspecified atom stereocenters. The van der Waals surface area contributed by atoms with Crippen LogP contribution in [0.3, 0.4) is 0 Å². The summed E-state index contributed by atoms with van der Waals surface area (Å²) in [6.07, 6.45) is 0. The Labute approximate surface area is 107 Å². The van der Waals surface area contributed by atoms with Crippen LogP contribution in [0.25, 0.3) is 0 Å². The highest BCUT2D eigenvalue weighted by atomic mass is 16.2. The number of imide groups is 1. The summed E-state index contributed by atoms with van der Waals surface area (Å²) in [5.74, 6) is -0.366. The van der Waals surface area contributed by atoms with E-state index < -0.39 is 12.1 Å². The van der Waals surface area contributed by atoms with Gasteiger partial charge in [0, 0.05) is 13.1 Å². The van der Waals surface area contributed by atoms with E-state index in [2.05, 4.69) is 16.0 Å². The van der Waals surface area contributed by atoms with Crippen LogP contribution in [0.4, 0.5) is 4.79 Å². The van der Waals surface area contributed by atoms with Gasteiger partial charge in [0.25, 0.3) is 0 Å². The van der Waals surface area contributed by atoms with Gasteiger partial charge in [-0.3, -0.25) is 15.4 Å². The lowest BCUT2D eigenvalue weighted by molar-refractivity contribution is -0.122. The number of hydrogen-bond acceptors (Lipinski definition) is 3. The van der Waals surface area contributed by atoms with Gasteiger partial charge in [0.1, 0.15) is 6.04 Å². The first-order valence-corrected chi connectivity index (χ1v) is 5.88. The van der Waals surface area contributed by atoms with Gasteiger partial charge in [-0.05, 0) is 19.4 Å². The van der Waals surface area contributed by atoms with Crippen molar-refractivity contribution in [2.45, 2.75) is 25.9 Å². The smallest absolute Gasteiger partial charge is 0.321 e. The minimum atomic E-state index is -0.538. The fourth-order valence-electron chi connectivity index (χ4n) is 1.55. The number of carbonyl (C=O) groups excluding carboxylic acids is 2. The monoisotopic (exact) mass is 249 g/mol. The predicted molar refractivity (Wildman–Crippen MR) is 70.1 cm³/mol. The minimum Gasteiger partial charge on any atom is -0.341 e. The second kappa shape index (κ2) is 6.76. The summed E-state index contributed by atoms with van der Waals surface area (Å²) in [6.45, 7) is 3.90. The molecule has 3 amide bonds. The van der Waals surface area contributed by atoms with E-state index >= 15 is 0 Å². The Balaban J connectivity index is 2.85. The molecule has 1 rings (SSSR count). The van der Waals surface area contributed by atoms with Gasteiger partial charge in [0.05, 0.1) is 0 Å². The van der Waals surface area contributed by atoms with Crippen LogP contribution in [0, 0.1) is 0 Å². The first kappa shape index (κ1) is 14.2. The molecule has 0 aliphatic rings. The highest BCUT2D eigenvalue weighted by Gasteiger charge is 2.22. The molecule has 0 aromatic heterocycles. The summed E-state index contributed by atoms with van der Waals surface area (Å²) < 4.78 is 0. The SMILES string of the molecule is CNC(=O)NC(=O)[C@@H](NC(C)C)c1ccccc1. The zero-order chi connectivity index (χ0) is 13.5. The molecule has 0 aliphatic heterocycles. The summed E-state index contributed by atoms with van der Waals surface area (Å²) >= 11 is 0. The Bertz CT molecular complexity index is 404. The van der Waals surface area contributed by atoms with Gasteiger partial charge >= 0.3 is 6.03 Å². The van der Waals surface area contributed by atoms with E-state index in [1.54, 1.807) is 0 Å². The first-order chi connectivity index (χ1) is 8.54. The van der Waals surface area contributed by atoms with Crippen LogP contribution in [0.1, 0.15) is 25.5 Å². The molecule has 0 saturated carbocycles. The van der Waals surface area contributed by atoms with Crippen LogP contribution < -0.4 is 16.0 Å². The molecule has 5 nitrogen and oxygen atoms in total. The molecule has 0 bridgehead atoms.